The third-order valence-electron chi connectivity index (χ3n) is 3.17. The van der Waals surface area contributed by atoms with Crippen molar-refractivity contribution in [2.45, 2.75) is 39.8 Å². The number of nitriles is 1. The summed E-state index contributed by atoms with van der Waals surface area (Å²) in [6.45, 7) is 8.32. The first kappa shape index (κ1) is 19.8. The molecule has 0 saturated carbocycles. The molecule has 0 heterocycles. The second-order valence-corrected chi connectivity index (χ2v) is 6.13. The zero-order valence-corrected chi connectivity index (χ0v) is 15.7. The van der Waals surface area contributed by atoms with Crippen molar-refractivity contribution in [3.05, 3.63) is 35.5 Å². The van der Waals surface area contributed by atoms with Crippen molar-refractivity contribution in [1.82, 2.24) is 10.6 Å². The average molecular weight is 347 g/mol. The molecule has 0 aliphatic heterocycles. The molecule has 1 aromatic rings. The van der Waals surface area contributed by atoms with Gasteiger partial charge in [-0.05, 0) is 52.0 Å². The van der Waals surface area contributed by atoms with Crippen LogP contribution < -0.4 is 20.1 Å². The van der Waals surface area contributed by atoms with Gasteiger partial charge >= 0.3 is 0 Å². The van der Waals surface area contributed by atoms with E-state index in [-0.39, 0.29) is 12.1 Å². The highest BCUT2D eigenvalue weighted by Crippen LogP contribution is 2.18. The Hall–Kier alpha value is -2.26. The second-order valence-electron chi connectivity index (χ2n) is 5.72. The van der Waals surface area contributed by atoms with Crippen molar-refractivity contribution in [2.75, 3.05) is 13.7 Å². The quantitative estimate of drug-likeness (QED) is 0.428. The fourth-order valence-electron chi connectivity index (χ4n) is 2.06. The number of methoxy groups -OCH3 is 1. The molecule has 0 saturated heterocycles. The van der Waals surface area contributed by atoms with Crippen LogP contribution in [0, 0.1) is 11.3 Å². The summed E-state index contributed by atoms with van der Waals surface area (Å²) in [5.74, 6) is 1.54. The first-order valence-corrected chi connectivity index (χ1v) is 8.24. The minimum absolute atomic E-state index is 0.102. The van der Waals surface area contributed by atoms with E-state index in [1.807, 2.05) is 52.0 Å². The average Bonchev–Trinajstić information content (AvgIpc) is 2.53. The lowest BCUT2D eigenvalue weighted by molar-refractivity contribution is 0.224. The molecule has 6 heteroatoms. The first-order chi connectivity index (χ1) is 11.4. The normalized spacial score (nSPS) is 12.7. The van der Waals surface area contributed by atoms with E-state index in [2.05, 4.69) is 16.7 Å². The second kappa shape index (κ2) is 9.78. The number of allylic oxidation sites excluding steroid dienone is 1. The van der Waals surface area contributed by atoms with Gasteiger partial charge in [-0.25, -0.2) is 0 Å². The van der Waals surface area contributed by atoms with Crippen molar-refractivity contribution in [1.29, 1.82) is 5.26 Å². The SMILES string of the molecule is COc1ccc(OC(C)CNC(=S)/C(C#N)=C(\C)NC(C)C)cc1. The lowest BCUT2D eigenvalue weighted by atomic mass is 10.2. The molecule has 130 valence electrons. The molecule has 1 unspecified atom stereocenters. The molecule has 2 N–H and O–H groups in total. The standard InChI is InChI=1S/C18H25N3O2S/c1-12(2)21-14(4)17(10-19)18(24)20-11-13(3)23-16-8-6-15(22-5)7-9-16/h6-9,12-13,21H,11H2,1-5H3,(H,20,24)/b17-14+. The first-order valence-electron chi connectivity index (χ1n) is 7.83. The summed E-state index contributed by atoms with van der Waals surface area (Å²) in [5.41, 5.74) is 1.23. The summed E-state index contributed by atoms with van der Waals surface area (Å²) < 4.78 is 10.9. The van der Waals surface area contributed by atoms with Gasteiger partial charge < -0.3 is 20.1 Å². The van der Waals surface area contributed by atoms with Crippen LogP contribution in [-0.4, -0.2) is 30.8 Å². The summed E-state index contributed by atoms with van der Waals surface area (Å²) in [7, 11) is 1.62. The van der Waals surface area contributed by atoms with Gasteiger partial charge in [-0.2, -0.15) is 5.26 Å². The number of nitrogens with zero attached hydrogens (tertiary/aromatic N) is 1. The topological polar surface area (TPSA) is 66.3 Å². The van der Waals surface area contributed by atoms with E-state index in [1.165, 1.54) is 0 Å². The van der Waals surface area contributed by atoms with Crippen LogP contribution in [0.5, 0.6) is 11.5 Å². The molecular formula is C18H25N3O2S. The van der Waals surface area contributed by atoms with Crippen molar-refractivity contribution in [2.24, 2.45) is 0 Å². The van der Waals surface area contributed by atoms with Crippen LogP contribution in [-0.2, 0) is 0 Å². The monoisotopic (exact) mass is 347 g/mol. The van der Waals surface area contributed by atoms with E-state index >= 15 is 0 Å². The van der Waals surface area contributed by atoms with Crippen LogP contribution in [0.15, 0.2) is 35.5 Å². The zero-order valence-electron chi connectivity index (χ0n) is 14.8. The molecule has 0 bridgehead atoms. The van der Waals surface area contributed by atoms with E-state index in [0.29, 0.717) is 17.1 Å². The van der Waals surface area contributed by atoms with Gasteiger partial charge in [-0.15, -0.1) is 0 Å². The maximum Gasteiger partial charge on any atom is 0.120 e. The van der Waals surface area contributed by atoms with Gasteiger partial charge in [0.05, 0.1) is 13.7 Å². The number of nitrogens with one attached hydrogen (secondary N) is 2. The summed E-state index contributed by atoms with van der Waals surface area (Å²) in [5, 5.41) is 15.6. The van der Waals surface area contributed by atoms with Crippen molar-refractivity contribution in [3.8, 4) is 17.6 Å². The van der Waals surface area contributed by atoms with Crippen LogP contribution in [0.1, 0.15) is 27.7 Å². The van der Waals surface area contributed by atoms with Crippen LogP contribution >= 0.6 is 12.2 Å². The number of hydrogen-bond acceptors (Lipinski definition) is 5. The van der Waals surface area contributed by atoms with E-state index in [0.717, 1.165) is 17.2 Å². The Balaban J connectivity index is 2.57. The Morgan fingerprint density at radius 3 is 2.29 bits per heavy atom. The Bertz CT molecular complexity index is 618. The van der Waals surface area contributed by atoms with Gasteiger partial charge in [-0.3, -0.25) is 0 Å². The molecule has 5 nitrogen and oxygen atoms in total. The largest absolute Gasteiger partial charge is 0.497 e. The molecule has 24 heavy (non-hydrogen) atoms. The fourth-order valence-corrected chi connectivity index (χ4v) is 2.35. The van der Waals surface area contributed by atoms with Crippen molar-refractivity contribution >= 4 is 17.2 Å². The molecule has 1 atom stereocenters. The Morgan fingerprint density at radius 1 is 1.21 bits per heavy atom. The molecule has 0 radical (unpaired) electrons. The van der Waals surface area contributed by atoms with Gasteiger partial charge in [0.15, 0.2) is 0 Å². The number of thiocarbonyl (C=S) groups is 1. The minimum Gasteiger partial charge on any atom is -0.497 e. The van der Waals surface area contributed by atoms with Gasteiger partial charge in [-0.1, -0.05) is 12.2 Å². The lowest BCUT2D eigenvalue weighted by Gasteiger charge is -2.18. The van der Waals surface area contributed by atoms with E-state index in [1.54, 1.807) is 7.11 Å². The highest BCUT2D eigenvalue weighted by atomic mass is 32.1. The van der Waals surface area contributed by atoms with Crippen molar-refractivity contribution < 1.29 is 9.47 Å². The molecular weight excluding hydrogens is 322 g/mol. The third-order valence-corrected chi connectivity index (χ3v) is 3.51. The molecule has 0 fully saturated rings. The van der Waals surface area contributed by atoms with Gasteiger partial charge in [0.2, 0.25) is 0 Å². The molecule has 0 aromatic heterocycles. The molecule has 0 spiro atoms. The molecule has 1 rings (SSSR count). The number of hydrogen-bond donors (Lipinski definition) is 2. The molecule has 0 aliphatic carbocycles. The zero-order chi connectivity index (χ0) is 18.1. The maximum absolute atomic E-state index is 9.31. The highest BCUT2D eigenvalue weighted by molar-refractivity contribution is 7.80. The fraction of sp³-hybridized carbons (Fsp3) is 0.444. The summed E-state index contributed by atoms with van der Waals surface area (Å²) >= 11 is 5.32. The summed E-state index contributed by atoms with van der Waals surface area (Å²) in [6, 6.07) is 9.79. The minimum atomic E-state index is -0.102. The highest BCUT2D eigenvalue weighted by Gasteiger charge is 2.11. The predicted molar refractivity (Wildman–Crippen MR) is 100 cm³/mol. The van der Waals surface area contributed by atoms with Gasteiger partial charge in [0, 0.05) is 11.7 Å². The third kappa shape index (κ3) is 6.47. The van der Waals surface area contributed by atoms with E-state index in [9.17, 15) is 5.26 Å². The predicted octanol–water partition coefficient (Wildman–Crippen LogP) is 3.18. The molecule has 1 aromatic carbocycles. The Labute approximate surface area is 149 Å². The Morgan fingerprint density at radius 2 is 1.79 bits per heavy atom. The smallest absolute Gasteiger partial charge is 0.120 e. The summed E-state index contributed by atoms with van der Waals surface area (Å²) in [6.07, 6.45) is -0.102. The van der Waals surface area contributed by atoms with Crippen LogP contribution in [0.4, 0.5) is 0 Å². The number of ether oxygens (including phenoxy) is 2. The van der Waals surface area contributed by atoms with Crippen LogP contribution in [0.2, 0.25) is 0 Å². The molecule has 0 aliphatic rings. The summed E-state index contributed by atoms with van der Waals surface area (Å²) in [4.78, 5) is 0.424. The molecule has 0 amide bonds. The number of rotatable bonds is 8. The van der Waals surface area contributed by atoms with E-state index in [4.69, 9.17) is 21.7 Å². The van der Waals surface area contributed by atoms with E-state index < -0.39 is 0 Å². The Kier molecular flexibility index (Phi) is 8.07. The van der Waals surface area contributed by atoms with Gasteiger partial charge in [0.1, 0.15) is 34.2 Å². The van der Waals surface area contributed by atoms with Crippen LogP contribution in [0.25, 0.3) is 0 Å². The maximum atomic E-state index is 9.31. The number of benzene rings is 1. The lowest BCUT2D eigenvalue weighted by Crippen LogP contribution is -2.34. The van der Waals surface area contributed by atoms with Gasteiger partial charge in [0.25, 0.3) is 0 Å². The van der Waals surface area contributed by atoms with Crippen LogP contribution in [0.3, 0.4) is 0 Å². The van der Waals surface area contributed by atoms with Crippen molar-refractivity contribution in [3.63, 3.8) is 0 Å².